The van der Waals surface area contributed by atoms with Gasteiger partial charge in [0.15, 0.2) is 0 Å². The van der Waals surface area contributed by atoms with Crippen molar-refractivity contribution in [2.24, 2.45) is 5.73 Å². The number of halogens is 1. The van der Waals surface area contributed by atoms with Crippen molar-refractivity contribution in [1.29, 1.82) is 0 Å². The summed E-state index contributed by atoms with van der Waals surface area (Å²) in [5.74, 6) is 0. The minimum atomic E-state index is -0.996. The second-order valence-corrected chi connectivity index (χ2v) is 3.88. The van der Waals surface area contributed by atoms with E-state index in [1.54, 1.807) is 0 Å². The summed E-state index contributed by atoms with van der Waals surface area (Å²) in [4.78, 5) is 12.9. The highest BCUT2D eigenvalue weighted by Crippen LogP contribution is 2.13. The lowest BCUT2D eigenvalue weighted by Gasteiger charge is -2.32. The van der Waals surface area contributed by atoms with Gasteiger partial charge in [-0.05, 0) is 12.8 Å². The fourth-order valence-corrected chi connectivity index (χ4v) is 1.51. The standard InChI is InChI=1S/C10H19FN2O2/c1-2-3-6-15-10(14)13-5-4-8(11)9(12)7-13/h8-9H,2-7,12H2,1H3/t8-,9+/m1/s1. The van der Waals surface area contributed by atoms with Gasteiger partial charge in [-0.2, -0.15) is 0 Å². The zero-order valence-corrected chi connectivity index (χ0v) is 9.12. The van der Waals surface area contributed by atoms with E-state index in [1.165, 1.54) is 4.90 Å². The predicted octanol–water partition coefficient (Wildman–Crippen LogP) is 1.29. The molecule has 1 aliphatic heterocycles. The first-order valence-electron chi connectivity index (χ1n) is 5.46. The fourth-order valence-electron chi connectivity index (χ4n) is 1.51. The first-order chi connectivity index (χ1) is 7.15. The Labute approximate surface area is 89.6 Å². The third-order valence-electron chi connectivity index (χ3n) is 2.55. The lowest BCUT2D eigenvalue weighted by molar-refractivity contribution is 0.0740. The molecule has 2 atom stereocenters. The van der Waals surface area contributed by atoms with E-state index in [0.29, 0.717) is 19.6 Å². The number of nitrogens with zero attached hydrogens (tertiary/aromatic N) is 1. The molecule has 0 aromatic heterocycles. The van der Waals surface area contributed by atoms with Crippen molar-refractivity contribution in [3.63, 3.8) is 0 Å². The number of hydrogen-bond donors (Lipinski definition) is 1. The molecule has 0 spiro atoms. The van der Waals surface area contributed by atoms with Crippen LogP contribution in [0.15, 0.2) is 0 Å². The van der Waals surface area contributed by atoms with E-state index >= 15 is 0 Å². The molecule has 1 rings (SSSR count). The predicted molar refractivity (Wildman–Crippen MR) is 55.3 cm³/mol. The van der Waals surface area contributed by atoms with E-state index in [4.69, 9.17) is 10.5 Å². The Hall–Kier alpha value is -0.840. The van der Waals surface area contributed by atoms with E-state index in [1.807, 2.05) is 6.92 Å². The van der Waals surface area contributed by atoms with Gasteiger partial charge >= 0.3 is 6.09 Å². The second kappa shape index (κ2) is 5.90. The second-order valence-electron chi connectivity index (χ2n) is 3.88. The number of hydrogen-bond acceptors (Lipinski definition) is 3. The molecule has 0 radical (unpaired) electrons. The average molecular weight is 218 g/mol. The topological polar surface area (TPSA) is 55.6 Å². The van der Waals surface area contributed by atoms with Gasteiger partial charge in [0, 0.05) is 13.1 Å². The molecule has 0 unspecified atom stereocenters. The molecular weight excluding hydrogens is 199 g/mol. The number of ether oxygens (including phenoxy) is 1. The monoisotopic (exact) mass is 218 g/mol. The molecule has 1 saturated heterocycles. The molecule has 5 heteroatoms. The first-order valence-corrected chi connectivity index (χ1v) is 5.46. The molecule has 0 bridgehead atoms. The average Bonchev–Trinajstić information content (AvgIpc) is 2.22. The van der Waals surface area contributed by atoms with Crippen molar-refractivity contribution in [2.75, 3.05) is 19.7 Å². The third-order valence-corrected chi connectivity index (χ3v) is 2.55. The summed E-state index contributed by atoms with van der Waals surface area (Å²) in [6.07, 6.45) is 0.788. The van der Waals surface area contributed by atoms with Crippen LogP contribution in [0.3, 0.4) is 0 Å². The van der Waals surface area contributed by atoms with Crippen molar-refractivity contribution < 1.29 is 13.9 Å². The number of likely N-dealkylation sites (tertiary alicyclic amines) is 1. The number of rotatable bonds is 3. The lowest BCUT2D eigenvalue weighted by atomic mass is 10.1. The van der Waals surface area contributed by atoms with Crippen LogP contribution in [-0.4, -0.2) is 42.9 Å². The van der Waals surface area contributed by atoms with Gasteiger partial charge in [0.1, 0.15) is 6.17 Å². The van der Waals surface area contributed by atoms with Gasteiger partial charge in [-0.25, -0.2) is 9.18 Å². The minimum absolute atomic E-state index is 0.256. The van der Waals surface area contributed by atoms with Gasteiger partial charge in [-0.1, -0.05) is 13.3 Å². The Kier molecular flexibility index (Phi) is 4.81. The largest absolute Gasteiger partial charge is 0.449 e. The van der Waals surface area contributed by atoms with Crippen molar-refractivity contribution in [2.45, 2.75) is 38.4 Å². The van der Waals surface area contributed by atoms with Crippen LogP contribution in [0, 0.1) is 0 Å². The van der Waals surface area contributed by atoms with Crippen molar-refractivity contribution >= 4 is 6.09 Å². The summed E-state index contributed by atoms with van der Waals surface area (Å²) < 4.78 is 18.0. The van der Waals surface area contributed by atoms with Crippen molar-refractivity contribution in [3.05, 3.63) is 0 Å². The summed E-state index contributed by atoms with van der Waals surface area (Å²) in [7, 11) is 0. The van der Waals surface area contributed by atoms with Gasteiger partial charge in [0.05, 0.1) is 12.6 Å². The van der Waals surface area contributed by atoms with E-state index in [2.05, 4.69) is 0 Å². The smallest absolute Gasteiger partial charge is 0.409 e. The zero-order valence-electron chi connectivity index (χ0n) is 9.12. The maximum atomic E-state index is 13.0. The maximum Gasteiger partial charge on any atom is 0.409 e. The summed E-state index contributed by atoms with van der Waals surface area (Å²) in [6, 6.07) is -0.572. The van der Waals surface area contributed by atoms with Gasteiger partial charge in [0.2, 0.25) is 0 Å². The van der Waals surface area contributed by atoms with Gasteiger partial charge < -0.3 is 15.4 Å². The van der Waals surface area contributed by atoms with Crippen LogP contribution in [-0.2, 0) is 4.74 Å². The summed E-state index contributed by atoms with van der Waals surface area (Å²) in [5.41, 5.74) is 5.54. The number of nitrogens with two attached hydrogens (primary N) is 1. The Bertz CT molecular complexity index is 214. The van der Waals surface area contributed by atoms with E-state index in [-0.39, 0.29) is 12.6 Å². The highest BCUT2D eigenvalue weighted by molar-refractivity contribution is 5.67. The number of amides is 1. The Balaban J connectivity index is 2.28. The number of carbonyl (C=O) groups excluding carboxylic acids is 1. The summed E-state index contributed by atoms with van der Waals surface area (Å²) in [5, 5.41) is 0. The van der Waals surface area contributed by atoms with E-state index in [9.17, 15) is 9.18 Å². The van der Waals surface area contributed by atoms with Crippen LogP contribution in [0.1, 0.15) is 26.2 Å². The number of carbonyl (C=O) groups is 1. The Morgan fingerprint density at radius 2 is 2.40 bits per heavy atom. The molecule has 15 heavy (non-hydrogen) atoms. The van der Waals surface area contributed by atoms with Gasteiger partial charge in [-0.3, -0.25) is 0 Å². The molecular formula is C10H19FN2O2. The van der Waals surface area contributed by atoms with E-state index < -0.39 is 12.2 Å². The molecule has 88 valence electrons. The van der Waals surface area contributed by atoms with Crippen LogP contribution in [0.25, 0.3) is 0 Å². The number of unbranched alkanes of at least 4 members (excludes halogenated alkanes) is 1. The normalized spacial score (nSPS) is 26.5. The quantitative estimate of drug-likeness (QED) is 0.726. The molecule has 0 aliphatic carbocycles. The SMILES string of the molecule is CCCCOC(=O)N1CC[C@@H](F)[C@@H](N)C1. The zero-order chi connectivity index (χ0) is 11.3. The molecule has 0 saturated carbocycles. The van der Waals surface area contributed by atoms with Crippen LogP contribution in [0.4, 0.5) is 9.18 Å². The van der Waals surface area contributed by atoms with Crippen molar-refractivity contribution in [1.82, 2.24) is 4.90 Å². The lowest BCUT2D eigenvalue weighted by Crippen LogP contribution is -2.51. The molecule has 1 fully saturated rings. The van der Waals surface area contributed by atoms with Crippen LogP contribution in [0.2, 0.25) is 0 Å². The number of piperidine rings is 1. The molecule has 2 N–H and O–H groups in total. The molecule has 1 aliphatic rings. The Morgan fingerprint density at radius 1 is 1.67 bits per heavy atom. The molecule has 1 heterocycles. The summed E-state index contributed by atoms with van der Waals surface area (Å²) >= 11 is 0. The molecule has 1 amide bonds. The molecule has 4 nitrogen and oxygen atoms in total. The van der Waals surface area contributed by atoms with Crippen LogP contribution >= 0.6 is 0 Å². The maximum absolute atomic E-state index is 13.0. The van der Waals surface area contributed by atoms with Crippen molar-refractivity contribution in [3.8, 4) is 0 Å². The van der Waals surface area contributed by atoms with E-state index in [0.717, 1.165) is 12.8 Å². The Morgan fingerprint density at radius 3 is 3.00 bits per heavy atom. The fraction of sp³-hybridized carbons (Fsp3) is 0.900. The number of alkyl halides is 1. The van der Waals surface area contributed by atoms with Crippen LogP contribution < -0.4 is 5.73 Å². The minimum Gasteiger partial charge on any atom is -0.449 e. The molecule has 0 aromatic carbocycles. The third kappa shape index (κ3) is 3.66. The van der Waals surface area contributed by atoms with Gasteiger partial charge in [0.25, 0.3) is 0 Å². The molecule has 0 aromatic rings. The first kappa shape index (κ1) is 12.2. The van der Waals surface area contributed by atoms with Gasteiger partial charge in [-0.15, -0.1) is 0 Å². The van der Waals surface area contributed by atoms with Crippen LogP contribution in [0.5, 0.6) is 0 Å². The highest BCUT2D eigenvalue weighted by Gasteiger charge is 2.29. The summed E-state index contributed by atoms with van der Waals surface area (Å²) in [6.45, 7) is 3.12. The highest BCUT2D eigenvalue weighted by atomic mass is 19.1.